The van der Waals surface area contributed by atoms with Crippen molar-refractivity contribution in [3.8, 4) is 0 Å². The number of carbonyl (C=O) groups is 1. The Hall–Kier alpha value is -3.12. The normalized spacial score (nSPS) is 10.9. The number of nitrogens with one attached hydrogen (secondary N) is 1. The third-order valence-corrected chi connectivity index (χ3v) is 4.98. The number of aromatic nitrogens is 1. The second-order valence-electron chi connectivity index (χ2n) is 5.91. The lowest BCUT2D eigenvalue weighted by molar-refractivity contribution is 0.0721. The van der Waals surface area contributed by atoms with Gasteiger partial charge in [-0.2, -0.15) is 0 Å². The number of H-pyrrole nitrogens is 1. The Morgan fingerprint density at radius 1 is 1.08 bits per heavy atom. The van der Waals surface area contributed by atoms with Crippen LogP contribution in [0, 0.1) is 0 Å². The van der Waals surface area contributed by atoms with Crippen LogP contribution in [0.3, 0.4) is 0 Å². The summed E-state index contributed by atoms with van der Waals surface area (Å²) in [5, 5.41) is 2.71. The Bertz CT molecular complexity index is 1050. The molecule has 26 heavy (non-hydrogen) atoms. The van der Waals surface area contributed by atoms with Crippen molar-refractivity contribution in [3.05, 3.63) is 92.8 Å². The van der Waals surface area contributed by atoms with Gasteiger partial charge in [0.1, 0.15) is 5.76 Å². The predicted octanol–water partition coefficient (Wildman–Crippen LogP) is 4.03. The first-order valence-corrected chi connectivity index (χ1v) is 9.05. The van der Waals surface area contributed by atoms with Crippen molar-refractivity contribution in [2.75, 3.05) is 0 Å². The molecule has 5 nitrogen and oxygen atoms in total. The third kappa shape index (κ3) is 3.32. The predicted molar refractivity (Wildman–Crippen MR) is 101 cm³/mol. The highest BCUT2D eigenvalue weighted by Crippen LogP contribution is 2.21. The van der Waals surface area contributed by atoms with Gasteiger partial charge >= 0.3 is 0 Å². The summed E-state index contributed by atoms with van der Waals surface area (Å²) in [5.74, 6) is 0.501. The number of para-hydroxylation sites is 1. The largest absolute Gasteiger partial charge is 0.467 e. The monoisotopic (exact) mass is 364 g/mol. The average molecular weight is 364 g/mol. The van der Waals surface area contributed by atoms with Crippen molar-refractivity contribution < 1.29 is 9.21 Å². The van der Waals surface area contributed by atoms with E-state index >= 15 is 0 Å². The maximum absolute atomic E-state index is 13.3. The van der Waals surface area contributed by atoms with E-state index in [1.807, 2.05) is 41.8 Å². The standard InChI is InChI=1S/C20H16N2O3S/c23-19-11-17(16-7-1-2-8-18(16)21-19)20(24)22(12-14-5-3-9-25-14)13-15-6-4-10-26-15/h1-11H,12-13H2,(H,21,23). The molecule has 0 saturated carbocycles. The van der Waals surface area contributed by atoms with Crippen LogP contribution in [0.1, 0.15) is 21.0 Å². The summed E-state index contributed by atoms with van der Waals surface area (Å²) in [6, 6.07) is 16.3. The first kappa shape index (κ1) is 16.4. The van der Waals surface area contributed by atoms with E-state index in [9.17, 15) is 9.59 Å². The number of furan rings is 1. The van der Waals surface area contributed by atoms with Gasteiger partial charge in [0.15, 0.2) is 0 Å². The van der Waals surface area contributed by atoms with E-state index in [0.717, 1.165) is 10.3 Å². The zero-order chi connectivity index (χ0) is 17.9. The van der Waals surface area contributed by atoms with E-state index in [0.29, 0.717) is 29.9 Å². The Morgan fingerprint density at radius 2 is 1.96 bits per heavy atom. The third-order valence-electron chi connectivity index (χ3n) is 4.12. The Kier molecular flexibility index (Phi) is 4.41. The fourth-order valence-corrected chi connectivity index (χ4v) is 3.65. The molecule has 0 aliphatic carbocycles. The molecule has 0 radical (unpaired) electrons. The molecule has 0 saturated heterocycles. The fraction of sp³-hybridized carbons (Fsp3) is 0.100. The van der Waals surface area contributed by atoms with Gasteiger partial charge in [-0.15, -0.1) is 11.3 Å². The van der Waals surface area contributed by atoms with Gasteiger partial charge in [0.2, 0.25) is 5.56 Å². The molecule has 0 unspecified atom stereocenters. The van der Waals surface area contributed by atoms with Crippen molar-refractivity contribution in [2.24, 2.45) is 0 Å². The number of carbonyl (C=O) groups excluding carboxylic acids is 1. The highest BCUT2D eigenvalue weighted by atomic mass is 32.1. The van der Waals surface area contributed by atoms with Gasteiger partial charge in [-0.05, 0) is 29.6 Å². The number of hydrogen-bond acceptors (Lipinski definition) is 4. The van der Waals surface area contributed by atoms with Crippen molar-refractivity contribution in [2.45, 2.75) is 13.1 Å². The van der Waals surface area contributed by atoms with E-state index in [-0.39, 0.29) is 11.5 Å². The van der Waals surface area contributed by atoms with E-state index in [1.165, 1.54) is 6.07 Å². The molecule has 4 aromatic rings. The van der Waals surface area contributed by atoms with E-state index in [2.05, 4.69) is 4.98 Å². The van der Waals surface area contributed by atoms with Crippen LogP contribution >= 0.6 is 11.3 Å². The van der Waals surface area contributed by atoms with Gasteiger partial charge in [0, 0.05) is 21.8 Å². The lowest BCUT2D eigenvalue weighted by atomic mass is 10.1. The summed E-state index contributed by atoms with van der Waals surface area (Å²) in [4.78, 5) is 30.9. The second-order valence-corrected chi connectivity index (χ2v) is 6.95. The summed E-state index contributed by atoms with van der Waals surface area (Å²) in [5.41, 5.74) is 0.756. The van der Waals surface area contributed by atoms with Gasteiger partial charge in [-0.3, -0.25) is 9.59 Å². The van der Waals surface area contributed by atoms with Crippen LogP contribution in [0.2, 0.25) is 0 Å². The van der Waals surface area contributed by atoms with Gasteiger partial charge in [0.25, 0.3) is 5.91 Å². The number of fused-ring (bicyclic) bond motifs is 1. The zero-order valence-electron chi connectivity index (χ0n) is 13.8. The number of pyridine rings is 1. The first-order valence-electron chi connectivity index (χ1n) is 8.17. The SMILES string of the molecule is O=C(c1cc(=O)[nH]c2ccccc12)N(Cc1ccco1)Cc1cccs1. The second kappa shape index (κ2) is 7.01. The molecule has 0 aliphatic rings. The van der Waals surface area contributed by atoms with Gasteiger partial charge in [0.05, 0.1) is 24.9 Å². The van der Waals surface area contributed by atoms with Crippen LogP contribution in [-0.4, -0.2) is 15.8 Å². The Balaban J connectivity index is 1.75. The van der Waals surface area contributed by atoms with Crippen LogP contribution in [-0.2, 0) is 13.1 Å². The van der Waals surface area contributed by atoms with E-state index in [4.69, 9.17) is 4.42 Å². The van der Waals surface area contributed by atoms with Crippen molar-refractivity contribution in [1.82, 2.24) is 9.88 Å². The minimum atomic E-state index is -0.291. The van der Waals surface area contributed by atoms with Gasteiger partial charge in [-0.1, -0.05) is 24.3 Å². The number of benzene rings is 1. The lowest BCUT2D eigenvalue weighted by Gasteiger charge is -2.22. The molecule has 0 bridgehead atoms. The smallest absolute Gasteiger partial charge is 0.255 e. The summed E-state index contributed by atoms with van der Waals surface area (Å²) >= 11 is 1.59. The van der Waals surface area contributed by atoms with Crippen molar-refractivity contribution in [1.29, 1.82) is 0 Å². The molecule has 0 fully saturated rings. The number of amides is 1. The van der Waals surface area contributed by atoms with E-state index in [1.54, 1.807) is 34.6 Å². The number of nitrogens with zero attached hydrogens (tertiary/aromatic N) is 1. The highest BCUT2D eigenvalue weighted by Gasteiger charge is 2.21. The van der Waals surface area contributed by atoms with Gasteiger partial charge in [-0.25, -0.2) is 0 Å². The van der Waals surface area contributed by atoms with E-state index < -0.39 is 0 Å². The highest BCUT2D eigenvalue weighted by molar-refractivity contribution is 7.09. The number of thiophene rings is 1. The molecule has 1 aromatic carbocycles. The summed E-state index contributed by atoms with van der Waals surface area (Å²) in [6.07, 6.45) is 1.59. The molecule has 0 aliphatic heterocycles. The summed E-state index contributed by atoms with van der Waals surface area (Å²) in [7, 11) is 0. The number of rotatable bonds is 5. The minimum Gasteiger partial charge on any atom is -0.467 e. The van der Waals surface area contributed by atoms with Gasteiger partial charge < -0.3 is 14.3 Å². The number of aromatic amines is 1. The molecule has 3 aromatic heterocycles. The molecule has 1 amide bonds. The minimum absolute atomic E-state index is 0.197. The van der Waals surface area contributed by atoms with Crippen molar-refractivity contribution in [3.63, 3.8) is 0 Å². The molecule has 6 heteroatoms. The average Bonchev–Trinajstić information content (AvgIpc) is 3.34. The fourth-order valence-electron chi connectivity index (χ4n) is 2.93. The molecular formula is C20H16N2O3S. The van der Waals surface area contributed by atoms with Crippen LogP contribution < -0.4 is 5.56 Å². The molecule has 4 rings (SSSR count). The first-order chi connectivity index (χ1) is 12.7. The summed E-state index contributed by atoms with van der Waals surface area (Å²) in [6.45, 7) is 0.795. The van der Waals surface area contributed by atoms with Crippen LogP contribution in [0.4, 0.5) is 0 Å². The summed E-state index contributed by atoms with van der Waals surface area (Å²) < 4.78 is 5.42. The lowest BCUT2D eigenvalue weighted by Crippen LogP contribution is -2.30. The molecular weight excluding hydrogens is 348 g/mol. The Labute approximate surface area is 153 Å². The zero-order valence-corrected chi connectivity index (χ0v) is 14.7. The topological polar surface area (TPSA) is 66.3 Å². The quantitative estimate of drug-likeness (QED) is 0.581. The van der Waals surface area contributed by atoms with Crippen LogP contribution in [0.5, 0.6) is 0 Å². The molecule has 1 N–H and O–H groups in total. The number of hydrogen-bond donors (Lipinski definition) is 1. The Morgan fingerprint density at radius 3 is 2.73 bits per heavy atom. The molecule has 3 heterocycles. The maximum Gasteiger partial charge on any atom is 0.255 e. The maximum atomic E-state index is 13.3. The van der Waals surface area contributed by atoms with Crippen LogP contribution in [0.25, 0.3) is 10.9 Å². The molecule has 130 valence electrons. The van der Waals surface area contributed by atoms with Crippen molar-refractivity contribution >= 4 is 28.1 Å². The molecule has 0 spiro atoms. The van der Waals surface area contributed by atoms with Crippen LogP contribution in [0.15, 0.2) is 75.5 Å². The molecule has 0 atom stereocenters.